The molecule has 8 aromatic rings. The van der Waals surface area contributed by atoms with Crippen LogP contribution in [-0.4, -0.2) is 40.8 Å². The lowest BCUT2D eigenvalue weighted by atomic mass is 9.77. The molecule has 0 amide bonds. The molecule has 8 rings (SSSR count). The zero-order chi connectivity index (χ0) is 35.8. The van der Waals surface area contributed by atoms with Crippen molar-refractivity contribution in [3.05, 3.63) is 177 Å². The van der Waals surface area contributed by atoms with Crippen LogP contribution in [0.25, 0.3) is 33.7 Å². The van der Waals surface area contributed by atoms with E-state index in [0.717, 1.165) is 43.2 Å². The predicted molar refractivity (Wildman–Crippen MR) is 203 cm³/mol. The Morgan fingerprint density at radius 1 is 0.788 bits per heavy atom. The largest absolute Gasteiger partial charge is 0.477 e. The SMILES string of the molecule is CCc1nc(C)c(C(=O)O)n1Cc1cccc2oc(-c3ccccc3-c3nnn(C(c4ccccc4)(c4ccccc4)c4ccccc4)n3)c(Br)c12. The predicted octanol–water partition coefficient (Wildman–Crippen LogP) is 9.17. The minimum atomic E-state index is -1.01. The van der Waals surface area contributed by atoms with Crippen molar-refractivity contribution in [3.8, 4) is 22.7 Å². The Morgan fingerprint density at radius 3 is 1.94 bits per heavy atom. The number of rotatable bonds is 10. The first-order chi connectivity index (χ1) is 25.4. The number of carbonyl (C=O) groups is 1. The number of aryl methyl sites for hydroxylation is 2. The van der Waals surface area contributed by atoms with Gasteiger partial charge in [0.05, 0.1) is 16.7 Å². The first-order valence-corrected chi connectivity index (χ1v) is 17.8. The van der Waals surface area contributed by atoms with Gasteiger partial charge in [0.25, 0.3) is 0 Å². The second kappa shape index (κ2) is 13.5. The van der Waals surface area contributed by atoms with E-state index >= 15 is 0 Å². The molecule has 0 saturated heterocycles. The second-order valence-electron chi connectivity index (χ2n) is 12.5. The van der Waals surface area contributed by atoms with E-state index in [1.54, 1.807) is 16.3 Å². The molecule has 0 bridgehead atoms. The average molecular weight is 750 g/mol. The van der Waals surface area contributed by atoms with Crippen LogP contribution in [0, 0.1) is 6.92 Å². The van der Waals surface area contributed by atoms with Crippen molar-refractivity contribution in [1.82, 2.24) is 29.8 Å². The number of fused-ring (bicyclic) bond motifs is 1. The molecule has 0 saturated carbocycles. The van der Waals surface area contributed by atoms with Crippen LogP contribution >= 0.6 is 15.9 Å². The molecular formula is C42H33BrN6O3. The van der Waals surface area contributed by atoms with Gasteiger partial charge in [0.15, 0.2) is 11.2 Å². The number of furan rings is 1. The summed E-state index contributed by atoms with van der Waals surface area (Å²) in [5.41, 5.74) is 5.80. The minimum Gasteiger partial charge on any atom is -0.477 e. The molecular weight excluding hydrogens is 716 g/mol. The van der Waals surface area contributed by atoms with Gasteiger partial charge >= 0.3 is 5.97 Å². The first-order valence-electron chi connectivity index (χ1n) is 17.0. The lowest BCUT2D eigenvalue weighted by molar-refractivity contribution is 0.0684. The van der Waals surface area contributed by atoms with E-state index in [2.05, 4.69) is 57.3 Å². The standard InChI is InChI=1S/C42H33BrN6O3/c1-3-35-44-27(2)38(41(50)51)48(35)26-28-16-15-25-34-36(28)37(43)39(52-34)32-23-13-14-24-33(32)40-45-47-49(46-40)42(29-17-7-4-8-18-29,30-19-9-5-10-20-30)31-21-11-6-12-22-31/h4-25H,3,26H2,1-2H3,(H,50,51). The highest BCUT2D eigenvalue weighted by Gasteiger charge is 2.41. The molecule has 0 aliphatic rings. The molecule has 0 fully saturated rings. The normalized spacial score (nSPS) is 11.7. The van der Waals surface area contributed by atoms with Crippen molar-refractivity contribution in [2.45, 2.75) is 32.4 Å². The second-order valence-corrected chi connectivity index (χ2v) is 13.3. The summed E-state index contributed by atoms with van der Waals surface area (Å²) in [4.78, 5) is 18.5. The van der Waals surface area contributed by atoms with Crippen LogP contribution in [0.4, 0.5) is 0 Å². The van der Waals surface area contributed by atoms with Gasteiger partial charge in [-0.2, -0.15) is 0 Å². The van der Waals surface area contributed by atoms with Gasteiger partial charge in [0.1, 0.15) is 17.2 Å². The number of halogens is 1. The van der Waals surface area contributed by atoms with Crippen LogP contribution in [-0.2, 0) is 18.5 Å². The number of benzene rings is 5. The van der Waals surface area contributed by atoms with Crippen molar-refractivity contribution >= 4 is 32.9 Å². The molecule has 0 aliphatic carbocycles. The number of hydrogen-bond donors (Lipinski definition) is 1. The topological polar surface area (TPSA) is 112 Å². The van der Waals surface area contributed by atoms with Gasteiger partial charge in [0, 0.05) is 22.9 Å². The molecule has 10 heteroatoms. The molecule has 9 nitrogen and oxygen atoms in total. The van der Waals surface area contributed by atoms with Gasteiger partial charge in [-0.05, 0) is 56.4 Å². The first kappa shape index (κ1) is 33.0. The molecule has 5 aromatic carbocycles. The number of hydrogen-bond acceptors (Lipinski definition) is 6. The Balaban J connectivity index is 1.28. The summed E-state index contributed by atoms with van der Waals surface area (Å²) in [6.07, 6.45) is 0.600. The van der Waals surface area contributed by atoms with Crippen molar-refractivity contribution in [2.24, 2.45) is 0 Å². The van der Waals surface area contributed by atoms with Gasteiger partial charge in [-0.25, -0.2) is 9.78 Å². The van der Waals surface area contributed by atoms with Crippen LogP contribution in [0.2, 0.25) is 0 Å². The number of aromatic carboxylic acids is 1. The van der Waals surface area contributed by atoms with Crippen LogP contribution in [0.5, 0.6) is 0 Å². The van der Waals surface area contributed by atoms with Gasteiger partial charge in [0.2, 0.25) is 5.82 Å². The van der Waals surface area contributed by atoms with Gasteiger partial charge in [-0.1, -0.05) is 134 Å². The number of nitrogens with zero attached hydrogens (tertiary/aromatic N) is 6. The third-order valence-corrected chi connectivity index (χ3v) is 10.3. The van der Waals surface area contributed by atoms with Gasteiger partial charge < -0.3 is 14.1 Å². The third-order valence-electron chi connectivity index (χ3n) is 9.51. The highest BCUT2D eigenvalue weighted by molar-refractivity contribution is 9.10. The number of tetrazole rings is 1. The molecule has 0 spiro atoms. The fourth-order valence-electron chi connectivity index (χ4n) is 7.22. The van der Waals surface area contributed by atoms with Gasteiger partial charge in [-0.3, -0.25) is 0 Å². The summed E-state index contributed by atoms with van der Waals surface area (Å²) in [6.45, 7) is 4.02. The maximum Gasteiger partial charge on any atom is 0.354 e. The Hall–Kier alpha value is -6.13. The molecule has 52 heavy (non-hydrogen) atoms. The highest BCUT2D eigenvalue weighted by Crippen LogP contribution is 2.44. The number of imidazole rings is 1. The monoisotopic (exact) mass is 748 g/mol. The minimum absolute atomic E-state index is 0.186. The van der Waals surface area contributed by atoms with E-state index < -0.39 is 11.5 Å². The van der Waals surface area contributed by atoms with E-state index in [1.807, 2.05) is 104 Å². The smallest absolute Gasteiger partial charge is 0.354 e. The maximum absolute atomic E-state index is 12.3. The van der Waals surface area contributed by atoms with E-state index in [1.165, 1.54) is 0 Å². The fourth-order valence-corrected chi connectivity index (χ4v) is 7.97. The summed E-state index contributed by atoms with van der Waals surface area (Å²) < 4.78 is 9.10. The Kier molecular flexibility index (Phi) is 8.60. The van der Waals surface area contributed by atoms with Crippen molar-refractivity contribution in [3.63, 3.8) is 0 Å². The van der Waals surface area contributed by atoms with Crippen LogP contribution < -0.4 is 0 Å². The molecule has 1 N–H and O–H groups in total. The molecule has 256 valence electrons. The molecule has 0 atom stereocenters. The zero-order valence-electron chi connectivity index (χ0n) is 28.4. The Labute approximate surface area is 308 Å². The summed E-state index contributed by atoms with van der Waals surface area (Å²) >= 11 is 3.88. The summed E-state index contributed by atoms with van der Waals surface area (Å²) in [6, 6.07) is 44.4. The maximum atomic E-state index is 12.3. The van der Waals surface area contributed by atoms with E-state index in [9.17, 15) is 9.90 Å². The van der Waals surface area contributed by atoms with Crippen LogP contribution in [0.1, 0.15) is 51.2 Å². The highest BCUT2D eigenvalue weighted by atomic mass is 79.9. The van der Waals surface area contributed by atoms with E-state index in [-0.39, 0.29) is 5.69 Å². The van der Waals surface area contributed by atoms with Crippen molar-refractivity contribution < 1.29 is 14.3 Å². The average Bonchev–Trinajstić information content (AvgIpc) is 3.89. The summed E-state index contributed by atoms with van der Waals surface area (Å²) in [5.74, 6) is 0.742. The molecule has 0 aliphatic heterocycles. The lowest BCUT2D eigenvalue weighted by Crippen LogP contribution is -2.39. The molecule has 0 unspecified atom stereocenters. The quantitative estimate of drug-likeness (QED) is 0.139. The van der Waals surface area contributed by atoms with Crippen LogP contribution in [0.15, 0.2) is 142 Å². The number of aromatic nitrogens is 6. The number of carboxylic acids is 1. The Morgan fingerprint density at radius 2 is 1.37 bits per heavy atom. The lowest BCUT2D eigenvalue weighted by Gasteiger charge is -2.34. The van der Waals surface area contributed by atoms with Crippen molar-refractivity contribution in [2.75, 3.05) is 0 Å². The molecule has 3 heterocycles. The zero-order valence-corrected chi connectivity index (χ0v) is 30.0. The fraction of sp³-hybridized carbons (Fsp3) is 0.119. The van der Waals surface area contributed by atoms with Crippen molar-refractivity contribution in [1.29, 1.82) is 0 Å². The van der Waals surface area contributed by atoms with E-state index in [0.29, 0.717) is 41.7 Å². The number of carboxylic acid groups (broad SMARTS) is 1. The van der Waals surface area contributed by atoms with Crippen LogP contribution in [0.3, 0.4) is 0 Å². The third kappa shape index (κ3) is 5.43. The summed E-state index contributed by atoms with van der Waals surface area (Å²) in [5, 5.41) is 25.5. The molecule has 3 aromatic heterocycles. The molecule has 0 radical (unpaired) electrons. The Bertz CT molecular complexity index is 2450. The van der Waals surface area contributed by atoms with E-state index in [4.69, 9.17) is 19.8 Å². The van der Waals surface area contributed by atoms with Gasteiger partial charge in [-0.15, -0.1) is 15.0 Å². The summed E-state index contributed by atoms with van der Waals surface area (Å²) in [7, 11) is 0.